The Morgan fingerprint density at radius 2 is 1.95 bits per heavy atom. The van der Waals surface area contributed by atoms with E-state index in [2.05, 4.69) is 18.8 Å². The molecule has 4 nitrogen and oxygen atoms in total. The maximum atomic E-state index is 12.6. The summed E-state index contributed by atoms with van der Waals surface area (Å²) in [6.45, 7) is 11.5. The van der Waals surface area contributed by atoms with E-state index in [-0.39, 0.29) is 0 Å². The van der Waals surface area contributed by atoms with Crippen molar-refractivity contribution in [3.8, 4) is 0 Å². The van der Waals surface area contributed by atoms with Crippen molar-refractivity contribution in [3.05, 3.63) is 41.5 Å². The van der Waals surface area contributed by atoms with Crippen molar-refractivity contribution in [2.24, 2.45) is 0 Å². The van der Waals surface area contributed by atoms with Crippen LogP contribution >= 0.6 is 0 Å². The van der Waals surface area contributed by atoms with Crippen molar-refractivity contribution in [1.29, 1.82) is 0 Å². The van der Waals surface area contributed by atoms with Gasteiger partial charge in [0.2, 0.25) is 10.0 Å². The first-order valence-corrected chi connectivity index (χ1v) is 8.66. The minimum Gasteiger partial charge on any atom is -0.313 e. The third-order valence-electron chi connectivity index (χ3n) is 3.45. The van der Waals surface area contributed by atoms with Crippen LogP contribution < -0.4 is 5.32 Å². The average Bonchev–Trinajstić information content (AvgIpc) is 2.41. The number of sulfonamides is 1. The summed E-state index contributed by atoms with van der Waals surface area (Å²) >= 11 is 0. The highest BCUT2D eigenvalue weighted by Gasteiger charge is 2.22. The largest absolute Gasteiger partial charge is 0.313 e. The van der Waals surface area contributed by atoms with E-state index in [0.29, 0.717) is 18.0 Å². The average molecular weight is 310 g/mol. The molecule has 0 fully saturated rings. The van der Waals surface area contributed by atoms with Gasteiger partial charge in [0.25, 0.3) is 0 Å². The zero-order valence-corrected chi connectivity index (χ0v) is 14.3. The van der Waals surface area contributed by atoms with Crippen LogP contribution in [0.15, 0.2) is 29.7 Å². The van der Waals surface area contributed by atoms with Crippen LogP contribution in [-0.2, 0) is 16.6 Å². The van der Waals surface area contributed by atoms with Crippen LogP contribution in [0.3, 0.4) is 0 Å². The fourth-order valence-corrected chi connectivity index (χ4v) is 3.58. The van der Waals surface area contributed by atoms with Crippen LogP contribution in [0.25, 0.3) is 0 Å². The minimum absolute atomic E-state index is 0.305. The van der Waals surface area contributed by atoms with E-state index in [1.54, 1.807) is 19.2 Å². The summed E-state index contributed by atoms with van der Waals surface area (Å²) in [4.78, 5) is 0.380. The first-order chi connectivity index (χ1) is 9.84. The van der Waals surface area contributed by atoms with Gasteiger partial charge < -0.3 is 5.32 Å². The van der Waals surface area contributed by atoms with Crippen LogP contribution in [0, 0.1) is 13.8 Å². The fraction of sp³-hybridized carbons (Fsp3) is 0.500. The number of nitrogens with one attached hydrogen (secondary N) is 1. The van der Waals surface area contributed by atoms with Crippen molar-refractivity contribution >= 4 is 10.0 Å². The fourth-order valence-electron chi connectivity index (χ4n) is 2.19. The van der Waals surface area contributed by atoms with E-state index in [1.807, 2.05) is 19.9 Å². The molecule has 1 rings (SSSR count). The molecule has 0 saturated heterocycles. The lowest BCUT2D eigenvalue weighted by molar-refractivity contribution is 0.498. The summed E-state index contributed by atoms with van der Waals surface area (Å²) in [6.07, 6.45) is 2.64. The zero-order chi connectivity index (χ0) is 16.0. The molecule has 0 aromatic heterocycles. The predicted octanol–water partition coefficient (Wildman–Crippen LogP) is 2.61. The first-order valence-electron chi connectivity index (χ1n) is 7.22. The van der Waals surface area contributed by atoms with Crippen molar-refractivity contribution in [2.45, 2.75) is 38.6 Å². The summed E-state index contributed by atoms with van der Waals surface area (Å²) in [6, 6.07) is 3.74. The van der Waals surface area contributed by atoms with Crippen LogP contribution in [-0.4, -0.2) is 32.9 Å². The molecule has 0 spiro atoms. The van der Waals surface area contributed by atoms with E-state index >= 15 is 0 Å². The molecular weight excluding hydrogens is 284 g/mol. The molecule has 0 saturated carbocycles. The predicted molar refractivity (Wildman–Crippen MR) is 87.9 cm³/mol. The van der Waals surface area contributed by atoms with Gasteiger partial charge >= 0.3 is 0 Å². The minimum atomic E-state index is -3.47. The van der Waals surface area contributed by atoms with E-state index in [0.717, 1.165) is 29.7 Å². The van der Waals surface area contributed by atoms with Gasteiger partial charge in [-0.3, -0.25) is 0 Å². The molecule has 1 N–H and O–H groups in total. The van der Waals surface area contributed by atoms with Gasteiger partial charge in [0, 0.05) is 20.1 Å². The zero-order valence-electron chi connectivity index (χ0n) is 13.4. The second-order valence-corrected chi connectivity index (χ2v) is 7.31. The van der Waals surface area contributed by atoms with Gasteiger partial charge in [-0.25, -0.2) is 8.42 Å². The number of hydrogen-bond acceptors (Lipinski definition) is 3. The maximum absolute atomic E-state index is 12.6. The van der Waals surface area contributed by atoms with Gasteiger partial charge in [0.15, 0.2) is 0 Å². The lowest BCUT2D eigenvalue weighted by Crippen LogP contribution is -2.28. The lowest BCUT2D eigenvalue weighted by Gasteiger charge is -2.19. The standard InChI is InChI=1S/C16H26N2O2S/c1-6-8-17-12-15-11-16(14(4)10-13(15)3)21(19,20)18(5)9-7-2/h7,10-11,17H,2,6,8-9,12H2,1,3-5H3. The van der Waals surface area contributed by atoms with E-state index in [9.17, 15) is 8.42 Å². The number of rotatable bonds is 8. The molecule has 0 amide bonds. The van der Waals surface area contributed by atoms with Crippen molar-refractivity contribution in [1.82, 2.24) is 9.62 Å². The molecular formula is C16H26N2O2S. The highest BCUT2D eigenvalue weighted by Crippen LogP contribution is 2.23. The van der Waals surface area contributed by atoms with Gasteiger partial charge in [0.05, 0.1) is 4.90 Å². The molecule has 1 aromatic rings. The second-order valence-electron chi connectivity index (χ2n) is 5.30. The van der Waals surface area contributed by atoms with E-state index in [1.165, 1.54) is 4.31 Å². The van der Waals surface area contributed by atoms with Gasteiger partial charge in [-0.1, -0.05) is 19.1 Å². The summed E-state index contributed by atoms with van der Waals surface area (Å²) < 4.78 is 26.5. The van der Waals surface area contributed by atoms with Crippen LogP contribution in [0.5, 0.6) is 0 Å². The molecule has 0 atom stereocenters. The Morgan fingerprint density at radius 1 is 1.29 bits per heavy atom. The molecule has 0 aliphatic heterocycles. The molecule has 0 radical (unpaired) electrons. The molecule has 0 aliphatic carbocycles. The Bertz CT molecular complexity index is 595. The highest BCUT2D eigenvalue weighted by molar-refractivity contribution is 7.89. The molecule has 0 unspecified atom stereocenters. The highest BCUT2D eigenvalue weighted by atomic mass is 32.2. The Labute approximate surface area is 128 Å². The van der Waals surface area contributed by atoms with Crippen LogP contribution in [0.1, 0.15) is 30.0 Å². The topological polar surface area (TPSA) is 49.4 Å². The molecule has 0 bridgehead atoms. The van der Waals surface area contributed by atoms with Gasteiger partial charge in [-0.15, -0.1) is 6.58 Å². The maximum Gasteiger partial charge on any atom is 0.243 e. The van der Waals surface area contributed by atoms with Gasteiger partial charge in [0.1, 0.15) is 0 Å². The Kier molecular flexibility index (Phi) is 6.58. The molecule has 0 heterocycles. The number of benzene rings is 1. The molecule has 1 aromatic carbocycles. The van der Waals surface area contributed by atoms with Crippen molar-refractivity contribution < 1.29 is 8.42 Å². The van der Waals surface area contributed by atoms with Crippen molar-refractivity contribution in [3.63, 3.8) is 0 Å². The third kappa shape index (κ3) is 4.40. The van der Waals surface area contributed by atoms with Crippen LogP contribution in [0.4, 0.5) is 0 Å². The third-order valence-corrected chi connectivity index (χ3v) is 5.42. The smallest absolute Gasteiger partial charge is 0.243 e. The second kappa shape index (κ2) is 7.73. The SMILES string of the molecule is C=CCN(C)S(=O)(=O)c1cc(CNCCC)c(C)cc1C. The first kappa shape index (κ1) is 17.9. The quantitative estimate of drug-likeness (QED) is 0.593. The number of aryl methyl sites for hydroxylation is 2. The Morgan fingerprint density at radius 3 is 2.52 bits per heavy atom. The number of hydrogen-bond donors (Lipinski definition) is 1. The number of likely N-dealkylation sites (N-methyl/N-ethyl adjacent to an activating group) is 1. The molecule has 0 aliphatic rings. The monoisotopic (exact) mass is 310 g/mol. The van der Waals surface area contributed by atoms with Gasteiger partial charge in [-0.05, 0) is 49.6 Å². The summed E-state index contributed by atoms with van der Waals surface area (Å²) in [5.74, 6) is 0. The Balaban J connectivity index is 3.17. The summed E-state index contributed by atoms with van der Waals surface area (Å²) in [5.41, 5.74) is 2.92. The van der Waals surface area contributed by atoms with Gasteiger partial charge in [-0.2, -0.15) is 4.31 Å². The lowest BCUT2D eigenvalue weighted by atomic mass is 10.1. The summed E-state index contributed by atoms with van der Waals surface area (Å²) in [7, 11) is -1.89. The normalized spacial score (nSPS) is 11.9. The molecule has 5 heteroatoms. The number of nitrogens with zero attached hydrogens (tertiary/aromatic N) is 1. The van der Waals surface area contributed by atoms with E-state index < -0.39 is 10.0 Å². The molecule has 21 heavy (non-hydrogen) atoms. The molecule has 118 valence electrons. The summed E-state index contributed by atoms with van der Waals surface area (Å²) in [5, 5.41) is 3.32. The van der Waals surface area contributed by atoms with Crippen LogP contribution in [0.2, 0.25) is 0 Å². The Hall–Kier alpha value is -1.17. The van der Waals surface area contributed by atoms with Crippen molar-refractivity contribution in [2.75, 3.05) is 20.1 Å². The van der Waals surface area contributed by atoms with E-state index in [4.69, 9.17) is 0 Å².